The van der Waals surface area contributed by atoms with Crippen molar-refractivity contribution in [3.05, 3.63) is 35.7 Å². The van der Waals surface area contributed by atoms with Crippen LogP contribution in [0.3, 0.4) is 0 Å². The molecule has 0 atom stereocenters. The number of nitrogens with zero attached hydrogens (tertiary/aromatic N) is 3. The average molecular weight is 287 g/mol. The Bertz CT molecular complexity index is 609. The van der Waals surface area contributed by atoms with Crippen molar-refractivity contribution >= 4 is 18.0 Å². The van der Waals surface area contributed by atoms with E-state index in [4.69, 9.17) is 0 Å². The Labute approximate surface area is 110 Å². The predicted molar refractivity (Wildman–Crippen MR) is 62.0 cm³/mol. The van der Waals surface area contributed by atoms with Gasteiger partial charge >= 0.3 is 6.18 Å². The minimum atomic E-state index is -4.56. The van der Waals surface area contributed by atoms with Gasteiger partial charge in [0.05, 0.1) is 5.56 Å². The fourth-order valence-electron chi connectivity index (χ4n) is 1.42. The number of aromatic nitrogens is 3. The summed E-state index contributed by atoms with van der Waals surface area (Å²) >= 11 is 1.04. The summed E-state index contributed by atoms with van der Waals surface area (Å²) in [5.41, 5.74) is -1.33. The minimum Gasteiger partial charge on any atom is -0.311 e. The van der Waals surface area contributed by atoms with Crippen LogP contribution in [0.5, 0.6) is 0 Å². The quantitative estimate of drug-likeness (QED) is 0.814. The molecule has 8 heteroatoms. The lowest BCUT2D eigenvalue weighted by atomic mass is 10.1. The van der Waals surface area contributed by atoms with Crippen LogP contribution >= 0.6 is 11.8 Å². The highest BCUT2D eigenvalue weighted by Gasteiger charge is 2.33. The summed E-state index contributed by atoms with van der Waals surface area (Å²) in [6, 6.07) is 3.52. The average Bonchev–Trinajstić information content (AvgIpc) is 2.74. The maximum Gasteiger partial charge on any atom is 0.417 e. The molecular weight excluding hydrogens is 279 g/mol. The SMILES string of the molecule is Cn1cnnc1Sc1ccc(C=O)c(C(F)(F)F)c1. The van der Waals surface area contributed by atoms with Crippen LogP contribution in [0, 0.1) is 0 Å². The van der Waals surface area contributed by atoms with Crippen LogP contribution in [0.4, 0.5) is 13.2 Å². The van der Waals surface area contributed by atoms with Crippen molar-refractivity contribution in [2.24, 2.45) is 7.05 Å². The molecule has 0 unspecified atom stereocenters. The molecule has 0 aliphatic carbocycles. The molecule has 0 saturated carbocycles. The van der Waals surface area contributed by atoms with Gasteiger partial charge in [-0.05, 0) is 30.0 Å². The summed E-state index contributed by atoms with van der Waals surface area (Å²) in [5.74, 6) is 0. The van der Waals surface area contributed by atoms with Crippen LogP contribution in [0.15, 0.2) is 34.6 Å². The van der Waals surface area contributed by atoms with Crippen LogP contribution in [0.1, 0.15) is 15.9 Å². The zero-order chi connectivity index (χ0) is 14.0. The lowest BCUT2D eigenvalue weighted by Gasteiger charge is -2.10. The first-order chi connectivity index (χ1) is 8.91. The molecule has 0 fully saturated rings. The van der Waals surface area contributed by atoms with Crippen LogP contribution < -0.4 is 0 Å². The highest BCUT2D eigenvalue weighted by molar-refractivity contribution is 7.99. The van der Waals surface area contributed by atoms with E-state index in [0.717, 1.165) is 23.9 Å². The maximum absolute atomic E-state index is 12.8. The van der Waals surface area contributed by atoms with E-state index in [1.807, 2.05) is 0 Å². The topological polar surface area (TPSA) is 47.8 Å². The third-order valence-corrected chi connectivity index (χ3v) is 3.38. The maximum atomic E-state index is 12.8. The van der Waals surface area contributed by atoms with E-state index in [1.54, 1.807) is 11.6 Å². The Kier molecular flexibility index (Phi) is 3.61. The van der Waals surface area contributed by atoms with Crippen molar-refractivity contribution in [3.8, 4) is 0 Å². The molecule has 2 aromatic rings. The van der Waals surface area contributed by atoms with Crippen molar-refractivity contribution in [3.63, 3.8) is 0 Å². The molecular formula is C11H8F3N3OS. The fraction of sp³-hybridized carbons (Fsp3) is 0.182. The van der Waals surface area contributed by atoms with E-state index in [1.165, 1.54) is 12.4 Å². The lowest BCUT2D eigenvalue weighted by Crippen LogP contribution is -2.09. The number of hydrogen-bond acceptors (Lipinski definition) is 4. The van der Waals surface area contributed by atoms with Crippen molar-refractivity contribution < 1.29 is 18.0 Å². The molecule has 0 N–H and O–H groups in total. The minimum absolute atomic E-state index is 0.194. The number of rotatable bonds is 3. The molecule has 100 valence electrons. The van der Waals surface area contributed by atoms with Gasteiger partial charge < -0.3 is 4.57 Å². The summed E-state index contributed by atoms with van der Waals surface area (Å²) in [6.07, 6.45) is -2.92. The summed E-state index contributed by atoms with van der Waals surface area (Å²) in [4.78, 5) is 11.0. The zero-order valence-electron chi connectivity index (χ0n) is 9.68. The van der Waals surface area contributed by atoms with Crippen LogP contribution in [-0.2, 0) is 13.2 Å². The molecule has 0 aliphatic rings. The van der Waals surface area contributed by atoms with Gasteiger partial charge in [-0.25, -0.2) is 0 Å². The van der Waals surface area contributed by atoms with E-state index in [9.17, 15) is 18.0 Å². The van der Waals surface area contributed by atoms with E-state index >= 15 is 0 Å². The van der Waals surface area contributed by atoms with Crippen LogP contribution in [-0.4, -0.2) is 21.1 Å². The first-order valence-electron chi connectivity index (χ1n) is 5.10. The fourth-order valence-corrected chi connectivity index (χ4v) is 2.22. The van der Waals surface area contributed by atoms with Gasteiger partial charge in [0.15, 0.2) is 11.4 Å². The van der Waals surface area contributed by atoms with Crippen molar-refractivity contribution in [1.82, 2.24) is 14.8 Å². The van der Waals surface area contributed by atoms with E-state index < -0.39 is 11.7 Å². The normalized spacial score (nSPS) is 11.6. The number of carbonyl (C=O) groups is 1. The number of aldehydes is 1. The summed E-state index contributed by atoms with van der Waals surface area (Å²) in [5, 5.41) is 7.87. The van der Waals surface area contributed by atoms with Gasteiger partial charge in [-0.2, -0.15) is 13.2 Å². The van der Waals surface area contributed by atoms with Gasteiger partial charge in [0.25, 0.3) is 0 Å². The monoisotopic (exact) mass is 287 g/mol. The molecule has 0 spiro atoms. The molecule has 19 heavy (non-hydrogen) atoms. The standard InChI is InChI=1S/C11H8F3N3OS/c1-17-6-15-16-10(17)19-8-3-2-7(5-18)9(4-8)11(12,13)14/h2-6H,1H3. The smallest absolute Gasteiger partial charge is 0.311 e. The molecule has 0 amide bonds. The molecule has 1 aromatic carbocycles. The Morgan fingerprint density at radius 3 is 2.63 bits per heavy atom. The molecule has 0 radical (unpaired) electrons. The van der Waals surface area contributed by atoms with Gasteiger partial charge in [-0.3, -0.25) is 4.79 Å². The van der Waals surface area contributed by atoms with Crippen LogP contribution in [0.2, 0.25) is 0 Å². The van der Waals surface area contributed by atoms with Crippen LogP contribution in [0.25, 0.3) is 0 Å². The first-order valence-corrected chi connectivity index (χ1v) is 5.91. The Hall–Kier alpha value is -1.83. The number of hydrogen-bond donors (Lipinski definition) is 0. The summed E-state index contributed by atoms with van der Waals surface area (Å²) < 4.78 is 39.9. The second kappa shape index (κ2) is 5.04. The van der Waals surface area contributed by atoms with Gasteiger partial charge in [-0.1, -0.05) is 0 Å². The Morgan fingerprint density at radius 1 is 1.37 bits per heavy atom. The van der Waals surface area contributed by atoms with E-state index in [0.29, 0.717) is 10.1 Å². The molecule has 0 saturated heterocycles. The number of alkyl halides is 3. The zero-order valence-corrected chi connectivity index (χ0v) is 10.5. The van der Waals surface area contributed by atoms with Gasteiger partial charge in [0, 0.05) is 17.5 Å². The molecule has 1 aromatic heterocycles. The first kappa shape index (κ1) is 13.6. The Morgan fingerprint density at radius 2 is 2.11 bits per heavy atom. The molecule has 4 nitrogen and oxygen atoms in total. The number of carbonyl (C=O) groups excluding carboxylic acids is 1. The largest absolute Gasteiger partial charge is 0.417 e. The number of halogens is 3. The van der Waals surface area contributed by atoms with Crippen molar-refractivity contribution in [1.29, 1.82) is 0 Å². The molecule has 0 aliphatic heterocycles. The summed E-state index contributed by atoms with van der Waals surface area (Å²) in [6.45, 7) is 0. The Balaban J connectivity index is 2.38. The third-order valence-electron chi connectivity index (χ3n) is 2.34. The van der Waals surface area contributed by atoms with E-state index in [-0.39, 0.29) is 11.8 Å². The van der Waals surface area contributed by atoms with Gasteiger partial charge in [-0.15, -0.1) is 10.2 Å². The van der Waals surface area contributed by atoms with Crippen molar-refractivity contribution in [2.75, 3.05) is 0 Å². The second-order valence-corrected chi connectivity index (χ2v) is 4.73. The van der Waals surface area contributed by atoms with Crippen molar-refractivity contribution in [2.45, 2.75) is 16.2 Å². The lowest BCUT2D eigenvalue weighted by molar-refractivity contribution is -0.138. The number of benzene rings is 1. The van der Waals surface area contributed by atoms with Gasteiger partial charge in [0.1, 0.15) is 6.33 Å². The predicted octanol–water partition coefficient (Wildman–Crippen LogP) is 2.80. The molecule has 1 heterocycles. The second-order valence-electron chi connectivity index (χ2n) is 3.69. The molecule has 0 bridgehead atoms. The third kappa shape index (κ3) is 2.95. The van der Waals surface area contributed by atoms with E-state index in [2.05, 4.69) is 10.2 Å². The highest BCUT2D eigenvalue weighted by atomic mass is 32.2. The number of aryl methyl sites for hydroxylation is 1. The summed E-state index contributed by atoms with van der Waals surface area (Å²) in [7, 11) is 1.69. The highest BCUT2D eigenvalue weighted by Crippen LogP contribution is 2.35. The molecule has 2 rings (SSSR count). The van der Waals surface area contributed by atoms with Gasteiger partial charge in [0.2, 0.25) is 0 Å².